The Kier molecular flexibility index (Phi) is 6.73. The molecule has 2 fully saturated rings. The predicted molar refractivity (Wildman–Crippen MR) is 117 cm³/mol. The SMILES string of the molecule is C/C=C(/C)C(=O)O[C@@H]1C[C@]2(C)[C@@H]3C(=CC[C@H]2C(C)(C)[C@H]1OC(=O)[C@H](C)CC)CO[C@H]3O. The standard InChI is InChI=1S/C25H38O6/c1-8-14(3)21(26)30-17-12-25(7)18(11-10-16-13-29-23(28)19(16)25)24(5,6)20(17)31-22(27)15(4)9-2/h8,10,15,17-20,23,28H,9,11-13H2,1-7H3/b14-8-/t15-,17-,18+,19-,20+,23-,25+/m1/s1. The van der Waals surface area contributed by atoms with E-state index < -0.39 is 29.9 Å². The Balaban J connectivity index is 2.01. The molecule has 0 unspecified atom stereocenters. The van der Waals surface area contributed by atoms with Gasteiger partial charge in [-0.3, -0.25) is 4.79 Å². The quantitative estimate of drug-likeness (QED) is 0.397. The number of fused-ring (bicyclic) bond motifs is 3. The summed E-state index contributed by atoms with van der Waals surface area (Å²) in [6.07, 6.45) is 3.88. The molecule has 7 atom stereocenters. The van der Waals surface area contributed by atoms with E-state index in [9.17, 15) is 14.7 Å². The molecule has 0 radical (unpaired) electrons. The predicted octanol–water partition coefficient (Wildman–Crippen LogP) is 4.17. The number of rotatable bonds is 5. The molecule has 31 heavy (non-hydrogen) atoms. The van der Waals surface area contributed by atoms with Crippen molar-refractivity contribution in [3.05, 3.63) is 23.3 Å². The minimum absolute atomic E-state index is 0.137. The average Bonchev–Trinajstić information content (AvgIpc) is 3.11. The van der Waals surface area contributed by atoms with Crippen molar-refractivity contribution in [1.82, 2.24) is 0 Å². The maximum Gasteiger partial charge on any atom is 0.333 e. The Morgan fingerprint density at radius 2 is 2.00 bits per heavy atom. The van der Waals surface area contributed by atoms with Gasteiger partial charge in [0, 0.05) is 16.9 Å². The van der Waals surface area contributed by atoms with Crippen LogP contribution in [0.4, 0.5) is 0 Å². The first-order chi connectivity index (χ1) is 14.5. The highest BCUT2D eigenvalue weighted by Gasteiger charge is 2.63. The summed E-state index contributed by atoms with van der Waals surface area (Å²) in [7, 11) is 0. The smallest absolute Gasteiger partial charge is 0.333 e. The number of aliphatic hydroxyl groups is 1. The van der Waals surface area contributed by atoms with Gasteiger partial charge in [-0.25, -0.2) is 4.79 Å². The summed E-state index contributed by atoms with van der Waals surface area (Å²) < 4.78 is 17.6. The fourth-order valence-electron chi connectivity index (χ4n) is 5.97. The monoisotopic (exact) mass is 434 g/mol. The zero-order valence-electron chi connectivity index (χ0n) is 19.9. The highest BCUT2D eigenvalue weighted by atomic mass is 16.6. The van der Waals surface area contributed by atoms with Crippen LogP contribution < -0.4 is 0 Å². The first-order valence-corrected chi connectivity index (χ1v) is 11.5. The van der Waals surface area contributed by atoms with E-state index in [4.69, 9.17) is 14.2 Å². The lowest BCUT2D eigenvalue weighted by Gasteiger charge is -2.59. The second kappa shape index (κ2) is 8.70. The molecule has 0 aromatic carbocycles. The minimum atomic E-state index is -0.873. The average molecular weight is 435 g/mol. The molecule has 0 aromatic heterocycles. The van der Waals surface area contributed by atoms with Gasteiger partial charge in [0.1, 0.15) is 12.2 Å². The third-order valence-corrected chi connectivity index (χ3v) is 8.11. The van der Waals surface area contributed by atoms with Gasteiger partial charge in [0.15, 0.2) is 6.29 Å². The number of ether oxygens (including phenoxy) is 3. The highest BCUT2D eigenvalue weighted by molar-refractivity contribution is 5.87. The summed E-state index contributed by atoms with van der Waals surface area (Å²) in [5.41, 5.74) is 0.824. The number of hydrogen-bond acceptors (Lipinski definition) is 6. The number of carbonyl (C=O) groups is 2. The molecule has 0 bridgehead atoms. The summed E-state index contributed by atoms with van der Waals surface area (Å²) in [6.45, 7) is 14.1. The van der Waals surface area contributed by atoms with Gasteiger partial charge >= 0.3 is 11.9 Å². The van der Waals surface area contributed by atoms with Crippen LogP contribution in [0, 0.1) is 28.6 Å². The van der Waals surface area contributed by atoms with Crippen LogP contribution >= 0.6 is 0 Å². The van der Waals surface area contributed by atoms with Crippen LogP contribution in [0.5, 0.6) is 0 Å². The molecule has 1 saturated heterocycles. The summed E-state index contributed by atoms with van der Waals surface area (Å²) in [6, 6.07) is 0. The van der Waals surface area contributed by atoms with Crippen molar-refractivity contribution in [3.63, 3.8) is 0 Å². The van der Waals surface area contributed by atoms with Crippen molar-refractivity contribution < 1.29 is 28.9 Å². The molecule has 3 aliphatic rings. The second-order valence-corrected chi connectivity index (χ2v) is 10.4. The Bertz CT molecular complexity index is 781. The number of hydrogen-bond donors (Lipinski definition) is 1. The third-order valence-electron chi connectivity index (χ3n) is 8.11. The van der Waals surface area contributed by atoms with Crippen molar-refractivity contribution in [3.8, 4) is 0 Å². The van der Waals surface area contributed by atoms with Crippen LogP contribution in [0.1, 0.15) is 67.7 Å². The molecule has 0 aromatic rings. The van der Waals surface area contributed by atoms with E-state index in [1.165, 1.54) is 0 Å². The van der Waals surface area contributed by atoms with Crippen LogP contribution in [-0.4, -0.2) is 42.1 Å². The van der Waals surface area contributed by atoms with E-state index in [1.807, 2.05) is 13.8 Å². The maximum absolute atomic E-state index is 12.8. The van der Waals surface area contributed by atoms with Gasteiger partial charge in [0.2, 0.25) is 0 Å². The minimum Gasteiger partial charge on any atom is -0.458 e. The van der Waals surface area contributed by atoms with Crippen LogP contribution in [0.3, 0.4) is 0 Å². The Morgan fingerprint density at radius 3 is 2.61 bits per heavy atom. The van der Waals surface area contributed by atoms with E-state index in [2.05, 4.69) is 26.8 Å². The van der Waals surface area contributed by atoms with E-state index in [-0.39, 0.29) is 29.1 Å². The number of allylic oxidation sites excluding steroid dienone is 2. The zero-order valence-corrected chi connectivity index (χ0v) is 19.9. The largest absolute Gasteiger partial charge is 0.458 e. The normalized spacial score (nSPS) is 37.9. The van der Waals surface area contributed by atoms with Crippen LogP contribution in [0.15, 0.2) is 23.3 Å². The van der Waals surface area contributed by atoms with Crippen molar-refractivity contribution in [2.75, 3.05) is 6.61 Å². The van der Waals surface area contributed by atoms with E-state index in [0.29, 0.717) is 25.0 Å². The van der Waals surface area contributed by atoms with Gasteiger partial charge in [-0.15, -0.1) is 0 Å². The lowest BCUT2D eigenvalue weighted by molar-refractivity contribution is -0.223. The molecule has 0 spiro atoms. The zero-order chi connectivity index (χ0) is 23.1. The Labute approximate surface area is 186 Å². The molecule has 1 heterocycles. The lowest BCUT2D eigenvalue weighted by Crippen LogP contribution is -2.62. The molecule has 174 valence electrons. The van der Waals surface area contributed by atoms with Gasteiger partial charge in [0.25, 0.3) is 0 Å². The number of aliphatic hydroxyl groups excluding tert-OH is 1. The van der Waals surface area contributed by atoms with Crippen molar-refractivity contribution in [1.29, 1.82) is 0 Å². The molecule has 0 amide bonds. The molecule has 6 nitrogen and oxygen atoms in total. The van der Waals surface area contributed by atoms with Crippen LogP contribution in [-0.2, 0) is 23.8 Å². The number of carbonyl (C=O) groups excluding carboxylic acids is 2. The molecule has 6 heteroatoms. The van der Waals surface area contributed by atoms with Crippen molar-refractivity contribution >= 4 is 11.9 Å². The van der Waals surface area contributed by atoms with Gasteiger partial charge in [-0.2, -0.15) is 0 Å². The van der Waals surface area contributed by atoms with Crippen molar-refractivity contribution in [2.24, 2.45) is 28.6 Å². The van der Waals surface area contributed by atoms with E-state index in [0.717, 1.165) is 12.0 Å². The molecule has 1 N–H and O–H groups in total. The summed E-state index contributed by atoms with van der Waals surface area (Å²) in [5.74, 6) is -0.895. The molecule has 1 aliphatic heterocycles. The van der Waals surface area contributed by atoms with Gasteiger partial charge in [-0.05, 0) is 50.0 Å². The van der Waals surface area contributed by atoms with Crippen molar-refractivity contribution in [2.45, 2.75) is 86.2 Å². The fraction of sp³-hybridized carbons (Fsp3) is 0.760. The topological polar surface area (TPSA) is 82.1 Å². The van der Waals surface area contributed by atoms with Gasteiger partial charge < -0.3 is 19.3 Å². The summed E-state index contributed by atoms with van der Waals surface area (Å²) in [4.78, 5) is 25.5. The maximum atomic E-state index is 12.8. The molecular weight excluding hydrogens is 396 g/mol. The molecule has 2 aliphatic carbocycles. The third kappa shape index (κ3) is 4.09. The van der Waals surface area contributed by atoms with E-state index >= 15 is 0 Å². The highest BCUT2D eigenvalue weighted by Crippen LogP contribution is 2.62. The van der Waals surface area contributed by atoms with Gasteiger partial charge in [0.05, 0.1) is 12.5 Å². The van der Waals surface area contributed by atoms with E-state index in [1.54, 1.807) is 19.9 Å². The van der Waals surface area contributed by atoms with Gasteiger partial charge in [-0.1, -0.05) is 46.8 Å². The summed E-state index contributed by atoms with van der Waals surface area (Å²) in [5, 5.41) is 10.6. The first kappa shape index (κ1) is 24.0. The summed E-state index contributed by atoms with van der Waals surface area (Å²) >= 11 is 0. The van der Waals surface area contributed by atoms with Crippen LogP contribution in [0.25, 0.3) is 0 Å². The molecular formula is C25H38O6. The van der Waals surface area contributed by atoms with Crippen LogP contribution in [0.2, 0.25) is 0 Å². The second-order valence-electron chi connectivity index (χ2n) is 10.4. The number of esters is 2. The Hall–Kier alpha value is -1.66. The molecule has 1 saturated carbocycles. The Morgan fingerprint density at radius 1 is 1.32 bits per heavy atom. The first-order valence-electron chi connectivity index (χ1n) is 11.5. The fourth-order valence-corrected chi connectivity index (χ4v) is 5.97. The lowest BCUT2D eigenvalue weighted by atomic mass is 9.47. The molecule has 3 rings (SSSR count).